The topological polar surface area (TPSA) is 381 Å². The first kappa shape index (κ1) is 88.6. The summed E-state index contributed by atoms with van der Waals surface area (Å²) < 4.78 is 66.8. The zero-order valence-corrected chi connectivity index (χ0v) is 79.8. The van der Waals surface area contributed by atoms with Crippen LogP contribution in [0.1, 0.15) is 29.4 Å². The number of benzene rings is 3. The summed E-state index contributed by atoms with van der Waals surface area (Å²) >= 11 is 30.1. The van der Waals surface area contributed by atoms with Crippen molar-refractivity contribution in [3.63, 3.8) is 0 Å². The fourth-order valence-electron chi connectivity index (χ4n) is 8.61. The summed E-state index contributed by atoms with van der Waals surface area (Å²) in [6.45, 7) is 18.2. The fraction of sp³-hybridized carbons (Fsp3) is 0.145. The minimum Gasteiger partial charge on any atom is -0.496 e. The Morgan fingerprint density at radius 1 is 0.509 bits per heavy atom. The smallest absolute Gasteiger partial charge is 0.269 e. The van der Waals surface area contributed by atoms with E-state index in [1.807, 2.05) is 56.6 Å². The molecule has 0 aliphatic rings. The summed E-state index contributed by atoms with van der Waals surface area (Å²) in [7, 11) is -8.81. The lowest BCUT2D eigenvalue weighted by molar-refractivity contribution is -0.114. The molecule has 0 unspecified atom stereocenters. The van der Waals surface area contributed by atoms with E-state index in [0.29, 0.717) is 84.5 Å². The van der Waals surface area contributed by atoms with Crippen LogP contribution in [0.15, 0.2) is 194 Å². The van der Waals surface area contributed by atoms with E-state index < -0.39 is 36.2 Å². The maximum Gasteiger partial charge on any atom is 0.269 e. The molecule has 3 aromatic carbocycles. The molecule has 0 fully saturated rings. The van der Waals surface area contributed by atoms with Gasteiger partial charge in [-0.3, -0.25) is 4.79 Å². The van der Waals surface area contributed by atoms with Gasteiger partial charge in [0.2, 0.25) is 5.91 Å². The van der Waals surface area contributed by atoms with E-state index >= 15 is 0 Å². The number of rotatable bonds is 7. The van der Waals surface area contributed by atoms with Gasteiger partial charge in [-0.1, -0.05) is 105 Å². The third-order valence-corrected chi connectivity index (χ3v) is 23.5. The van der Waals surface area contributed by atoms with E-state index in [0.717, 1.165) is 55.4 Å². The number of halogens is 10. The van der Waals surface area contributed by atoms with Gasteiger partial charge in [-0.15, -0.1) is 11.1 Å². The second kappa shape index (κ2) is 39.6. The molecule has 41 heteroatoms. The van der Waals surface area contributed by atoms with Gasteiger partial charge in [0.05, 0.1) is 67.4 Å². The first-order valence-electron chi connectivity index (χ1n) is 31.5. The molecule has 14 rings (SSSR count). The molecule has 0 spiro atoms. The molecule has 27 nitrogen and oxygen atoms in total. The van der Waals surface area contributed by atoms with Crippen LogP contribution in [0.5, 0.6) is 5.75 Å². The van der Waals surface area contributed by atoms with Crippen molar-refractivity contribution in [2.24, 2.45) is 0 Å². The van der Waals surface area contributed by atoms with Gasteiger partial charge in [0.1, 0.15) is 80.8 Å². The number of para-hydroxylation sites is 1. The molecule has 110 heavy (non-hydrogen) atoms. The standard InChI is InChI=1S/C20H16BrN3O3S.C13H9BrIN3O2S.C11H14BrN3OSi.C9H12BrN3Si.C6H3BrIN3.C6H4BrN3.C4H3Br2N3/c1-13-7-9-14(10-8-13)28(25,26)24-12-16(15-5-3-4-6-17(15)27-2)19-20(24)22-11-18(21)23-19;1-8-2-4-9(5-3-8)21(19,20)18-7-10(15)12-13(18)16-6-11(14)17-12;1-8(16)14-11-9(5-6-17(2,3)4)15-10(12)7-13-11;1-14(2,3)5-4-7-9(11)12-6-8(10)13-7;7-4-2-10-6-5(11-4)3(8)1-9-6;7-5-3-9-6-4(10-5)1-2-8-6;5-2-1-8-4(7)3(6)9-2/h3-12H,1-2H3;2-7H,1H3;7H,1-4H3,(H,13,14,16);6H,1-3H3,(H2,11,12);1-2H,(H,9,10);1-3H,(H,8,9);1H,(H2,7,8). The number of aromatic nitrogens is 18. The normalized spacial score (nSPS) is 11.0. The number of aryl methyl sites for hydroxylation is 2. The van der Waals surface area contributed by atoms with Crippen LogP contribution in [-0.2, 0) is 24.8 Å². The highest BCUT2D eigenvalue weighted by atomic mass is 127. The fourth-order valence-corrected chi connectivity index (χ4v) is 16.1. The Kier molecular flexibility index (Phi) is 31.9. The number of methoxy groups -OCH3 is 1. The Labute approximate surface area is 729 Å². The predicted octanol–water partition coefficient (Wildman–Crippen LogP) is 17.9. The van der Waals surface area contributed by atoms with Gasteiger partial charge in [0.15, 0.2) is 51.4 Å². The van der Waals surface area contributed by atoms with Crippen molar-refractivity contribution < 1.29 is 26.4 Å². The molecule has 0 saturated carbocycles. The number of carbonyl (C=O) groups excluding carboxylic acids is 1. The number of ether oxygens (including phenoxy) is 1. The van der Waals surface area contributed by atoms with Crippen LogP contribution in [0.2, 0.25) is 39.3 Å². The van der Waals surface area contributed by atoms with Gasteiger partial charge in [0.25, 0.3) is 20.0 Å². The van der Waals surface area contributed by atoms with E-state index in [2.05, 4.69) is 320 Å². The average Bonchev–Trinajstić information content (AvgIpc) is 1.59. The molecule has 1 amide bonds. The maximum absolute atomic E-state index is 13.3. The van der Waals surface area contributed by atoms with Crippen LogP contribution in [-0.4, -0.2) is 134 Å². The summed E-state index contributed by atoms with van der Waals surface area (Å²) in [6.07, 6.45) is 17.7. The lowest BCUT2D eigenvalue weighted by Crippen LogP contribution is -2.17. The van der Waals surface area contributed by atoms with E-state index in [1.54, 1.807) is 86.6 Å². The van der Waals surface area contributed by atoms with Crippen LogP contribution < -0.4 is 21.5 Å². The first-order chi connectivity index (χ1) is 51.8. The van der Waals surface area contributed by atoms with Crippen molar-refractivity contribution in [2.75, 3.05) is 23.9 Å². The highest BCUT2D eigenvalue weighted by Crippen LogP contribution is 2.37. The van der Waals surface area contributed by atoms with Gasteiger partial charge in [-0.2, -0.15) is 0 Å². The van der Waals surface area contributed by atoms with Crippen LogP contribution >= 0.6 is 173 Å². The van der Waals surface area contributed by atoms with Crippen LogP contribution in [0, 0.1) is 43.9 Å². The van der Waals surface area contributed by atoms with Gasteiger partial charge < -0.3 is 31.5 Å². The Morgan fingerprint density at radius 3 is 1.51 bits per heavy atom. The van der Waals surface area contributed by atoms with E-state index in [9.17, 15) is 21.6 Å². The first-order valence-corrected chi connectivity index (χ1v) is 49.9. The van der Waals surface area contributed by atoms with Crippen LogP contribution in [0.25, 0.3) is 55.8 Å². The molecular weight excluding hydrogens is 2230 g/mol. The van der Waals surface area contributed by atoms with Crippen LogP contribution in [0.3, 0.4) is 0 Å². The number of nitrogens with one attached hydrogen (secondary N) is 3. The average molecular weight is 2290 g/mol. The third-order valence-electron chi connectivity index (χ3n) is 13.6. The van der Waals surface area contributed by atoms with Gasteiger partial charge >= 0.3 is 0 Å². The number of H-pyrrole nitrogens is 2. The highest BCUT2D eigenvalue weighted by Gasteiger charge is 2.26. The largest absolute Gasteiger partial charge is 0.496 e. The number of nitrogens with two attached hydrogens (primary N) is 2. The van der Waals surface area contributed by atoms with Crippen molar-refractivity contribution in [3.8, 4) is 39.8 Å². The predicted molar refractivity (Wildman–Crippen MR) is 479 cm³/mol. The molecule has 0 atom stereocenters. The molecule has 14 aromatic rings. The number of anilines is 3. The number of hydrogen-bond donors (Lipinski definition) is 5. The van der Waals surface area contributed by atoms with Crippen molar-refractivity contribution in [1.29, 1.82) is 0 Å². The Morgan fingerprint density at radius 2 is 0.964 bits per heavy atom. The molecule has 0 radical (unpaired) electrons. The van der Waals surface area contributed by atoms with Gasteiger partial charge in [-0.05, 0) is 223 Å². The second-order valence-electron chi connectivity index (χ2n) is 24.5. The zero-order chi connectivity index (χ0) is 80.6. The van der Waals surface area contributed by atoms with E-state index in [4.69, 9.17) is 16.2 Å². The molecule has 7 N–H and O–H groups in total. The molecule has 0 aliphatic heterocycles. The Hall–Kier alpha value is -7.00. The molecule has 11 heterocycles. The summed E-state index contributed by atoms with van der Waals surface area (Å²) in [6, 6.07) is 22.7. The summed E-state index contributed by atoms with van der Waals surface area (Å²) in [5, 5.41) is 2.62. The van der Waals surface area contributed by atoms with Crippen molar-refractivity contribution in [3.05, 3.63) is 214 Å². The summed E-state index contributed by atoms with van der Waals surface area (Å²) in [5.41, 5.74) is 26.8. The highest BCUT2D eigenvalue weighted by molar-refractivity contribution is 14.1. The minimum absolute atomic E-state index is 0.183. The van der Waals surface area contributed by atoms with Crippen molar-refractivity contribution >= 4 is 277 Å². The number of nitrogen functional groups attached to an aromatic ring is 2. The minimum atomic E-state index is -3.84. The molecule has 11 aromatic heterocycles. The van der Waals surface area contributed by atoms with Crippen LogP contribution in [0.4, 0.5) is 17.5 Å². The third kappa shape index (κ3) is 25.3. The number of carbonyl (C=O) groups is 1. The number of aromatic amines is 2. The molecule has 0 saturated heterocycles. The lowest BCUT2D eigenvalue weighted by atomic mass is 10.1. The van der Waals surface area contributed by atoms with Gasteiger partial charge in [-0.25, -0.2) is 94.6 Å². The number of fused-ring (bicyclic) bond motifs is 4. The SMILES string of the molecule is Brc1cnc2[nH]cc(I)c2n1.Brc1cnc2[nH]ccc2n1.CC(=O)Nc1ncc(Br)nc1C#C[Si](C)(C)C.COc1ccccc1-c1cn(S(=O)(=O)c2ccc(C)cc2)c2ncc(Br)nc12.C[Si](C)(C)C#Cc1nc(Br)cnc1N.Cc1ccc(S(=O)(=O)n2cc(I)c3nc(Br)cnc32)cc1.Nc1ncc(Br)nc1Br. The molecular formula is C69H61Br8I2N21O6S2Si2. The molecule has 0 aliphatic carbocycles. The summed E-state index contributed by atoms with van der Waals surface area (Å²) in [5.74, 6) is 7.61. The second-order valence-corrected chi connectivity index (χ2v) is 46.4. The number of nitrogens with zero attached hydrogens (tertiary/aromatic N) is 16. The van der Waals surface area contributed by atoms with E-state index in [-0.39, 0.29) is 21.3 Å². The molecule has 0 bridgehead atoms. The number of hydrogen-bond acceptors (Lipinski definition) is 22. The summed E-state index contributed by atoms with van der Waals surface area (Å²) in [4.78, 5) is 75.4. The Balaban J connectivity index is 0.000000167. The van der Waals surface area contributed by atoms with Crippen molar-refractivity contribution in [2.45, 2.75) is 69.8 Å². The quantitative estimate of drug-likeness (QED) is 0.0562. The lowest BCUT2D eigenvalue weighted by Gasteiger charge is -2.07. The molecule has 568 valence electrons. The Bertz CT molecular complexity index is 6060. The number of amides is 1. The van der Waals surface area contributed by atoms with Crippen molar-refractivity contribution in [1.82, 2.24) is 87.7 Å². The maximum atomic E-state index is 13.3. The van der Waals surface area contributed by atoms with Gasteiger partial charge in [0, 0.05) is 42.8 Å². The zero-order valence-electron chi connectivity index (χ0n) is 59.2. The van der Waals surface area contributed by atoms with E-state index in [1.165, 1.54) is 39.7 Å². The monoisotopic (exact) mass is 2280 g/mol.